The van der Waals surface area contributed by atoms with E-state index in [2.05, 4.69) is 17.2 Å². The van der Waals surface area contributed by atoms with Crippen LogP contribution in [0.3, 0.4) is 0 Å². The van der Waals surface area contributed by atoms with Crippen LogP contribution in [0.4, 0.5) is 0 Å². The Bertz CT molecular complexity index is 605. The third-order valence-corrected chi connectivity index (χ3v) is 3.75. The largest absolute Gasteiger partial charge is 0.495 e. The average molecular weight is 325 g/mol. The summed E-state index contributed by atoms with van der Waals surface area (Å²) in [6.45, 7) is 2.98. The van der Waals surface area contributed by atoms with E-state index >= 15 is 0 Å². The zero-order valence-electron chi connectivity index (χ0n) is 12.1. The molecule has 5 heteroatoms. The molecule has 0 aliphatic heterocycles. The lowest BCUT2D eigenvalue weighted by Gasteiger charge is -2.21. The molecule has 1 N–H and O–H groups in total. The van der Waals surface area contributed by atoms with Crippen LogP contribution < -0.4 is 10.1 Å². The molecule has 112 valence electrons. The standard InChI is InChI=1S/C16H18Cl2N2O/c1-3-6-20-16(11-7-13(21-2)10-19-9-11)14-8-12(17)4-5-15(14)18/h4-5,7-10,16,20H,3,6H2,1-2H3. The summed E-state index contributed by atoms with van der Waals surface area (Å²) in [5.74, 6) is 0.717. The average Bonchev–Trinajstić information content (AvgIpc) is 2.51. The van der Waals surface area contributed by atoms with Crippen LogP contribution >= 0.6 is 23.2 Å². The van der Waals surface area contributed by atoms with Gasteiger partial charge in [0.05, 0.1) is 19.3 Å². The van der Waals surface area contributed by atoms with Crippen molar-refractivity contribution in [2.45, 2.75) is 19.4 Å². The molecule has 0 aliphatic carbocycles. The molecule has 0 amide bonds. The molecule has 2 aromatic rings. The first-order chi connectivity index (χ1) is 10.2. The van der Waals surface area contributed by atoms with Crippen molar-refractivity contribution in [3.05, 3.63) is 57.8 Å². The topological polar surface area (TPSA) is 34.2 Å². The molecule has 1 atom stereocenters. The van der Waals surface area contributed by atoms with Gasteiger partial charge in [-0.15, -0.1) is 0 Å². The maximum absolute atomic E-state index is 6.34. The maximum Gasteiger partial charge on any atom is 0.137 e. The van der Waals surface area contributed by atoms with E-state index in [0.29, 0.717) is 15.8 Å². The Kier molecular flexibility index (Phi) is 5.85. The van der Waals surface area contributed by atoms with Gasteiger partial charge < -0.3 is 10.1 Å². The molecule has 21 heavy (non-hydrogen) atoms. The van der Waals surface area contributed by atoms with E-state index in [9.17, 15) is 0 Å². The van der Waals surface area contributed by atoms with Crippen molar-refractivity contribution in [3.8, 4) is 5.75 Å². The van der Waals surface area contributed by atoms with Gasteiger partial charge in [0.25, 0.3) is 0 Å². The number of benzene rings is 1. The molecular weight excluding hydrogens is 307 g/mol. The van der Waals surface area contributed by atoms with Crippen LogP contribution in [0.15, 0.2) is 36.7 Å². The molecule has 0 bridgehead atoms. The Hall–Kier alpha value is -1.29. The fourth-order valence-corrected chi connectivity index (χ4v) is 2.54. The van der Waals surface area contributed by atoms with Crippen LogP contribution in [0.5, 0.6) is 5.75 Å². The molecule has 0 radical (unpaired) electrons. The van der Waals surface area contributed by atoms with Gasteiger partial charge in [-0.3, -0.25) is 4.98 Å². The summed E-state index contributed by atoms with van der Waals surface area (Å²) >= 11 is 12.5. The summed E-state index contributed by atoms with van der Waals surface area (Å²) in [6.07, 6.45) is 4.51. The quantitative estimate of drug-likeness (QED) is 0.850. The second-order valence-corrected chi connectivity index (χ2v) is 5.55. The van der Waals surface area contributed by atoms with Gasteiger partial charge in [0.2, 0.25) is 0 Å². The minimum Gasteiger partial charge on any atom is -0.495 e. The molecule has 1 heterocycles. The van der Waals surface area contributed by atoms with Crippen LogP contribution in [0.25, 0.3) is 0 Å². The van der Waals surface area contributed by atoms with Gasteiger partial charge in [0.1, 0.15) is 5.75 Å². The number of methoxy groups -OCH3 is 1. The highest BCUT2D eigenvalue weighted by atomic mass is 35.5. The lowest BCUT2D eigenvalue weighted by molar-refractivity contribution is 0.411. The molecule has 0 aliphatic rings. The second-order valence-electron chi connectivity index (χ2n) is 4.71. The Morgan fingerprint density at radius 2 is 2.05 bits per heavy atom. The first-order valence-electron chi connectivity index (χ1n) is 6.83. The van der Waals surface area contributed by atoms with E-state index in [1.165, 1.54) is 0 Å². The van der Waals surface area contributed by atoms with Gasteiger partial charge in [0.15, 0.2) is 0 Å². The fourth-order valence-electron chi connectivity index (χ4n) is 2.14. The number of rotatable bonds is 6. The minimum absolute atomic E-state index is 0.0706. The van der Waals surface area contributed by atoms with Crippen molar-refractivity contribution in [3.63, 3.8) is 0 Å². The number of aromatic nitrogens is 1. The number of pyridine rings is 1. The third kappa shape index (κ3) is 4.10. The van der Waals surface area contributed by atoms with Crippen LogP contribution in [0.2, 0.25) is 10.0 Å². The number of nitrogens with one attached hydrogen (secondary N) is 1. The number of halogens is 2. The molecule has 0 saturated heterocycles. The van der Waals surface area contributed by atoms with Gasteiger partial charge in [-0.2, -0.15) is 0 Å². The Morgan fingerprint density at radius 3 is 2.76 bits per heavy atom. The summed E-state index contributed by atoms with van der Waals surface area (Å²) in [7, 11) is 1.63. The van der Waals surface area contributed by atoms with E-state index in [-0.39, 0.29) is 6.04 Å². The van der Waals surface area contributed by atoms with Crippen LogP contribution in [-0.2, 0) is 0 Å². The van der Waals surface area contributed by atoms with Crippen molar-refractivity contribution in [2.75, 3.05) is 13.7 Å². The number of hydrogen-bond donors (Lipinski definition) is 1. The summed E-state index contributed by atoms with van der Waals surface area (Å²) < 4.78 is 5.25. The van der Waals surface area contributed by atoms with Crippen LogP contribution in [0.1, 0.15) is 30.5 Å². The summed E-state index contributed by atoms with van der Waals surface area (Å²) in [5.41, 5.74) is 1.93. The van der Waals surface area contributed by atoms with E-state index in [1.54, 1.807) is 19.4 Å². The molecule has 1 unspecified atom stereocenters. The van der Waals surface area contributed by atoms with Crippen molar-refractivity contribution in [2.24, 2.45) is 0 Å². The summed E-state index contributed by atoms with van der Waals surface area (Å²) in [4.78, 5) is 4.22. The SMILES string of the molecule is CCCNC(c1cncc(OC)c1)c1cc(Cl)ccc1Cl. The molecule has 0 spiro atoms. The minimum atomic E-state index is -0.0706. The molecule has 1 aromatic heterocycles. The van der Waals surface area contributed by atoms with Gasteiger partial charge in [-0.1, -0.05) is 30.1 Å². The number of hydrogen-bond acceptors (Lipinski definition) is 3. The monoisotopic (exact) mass is 324 g/mol. The molecule has 1 aromatic carbocycles. The van der Waals surface area contributed by atoms with Crippen LogP contribution in [0, 0.1) is 0 Å². The molecule has 3 nitrogen and oxygen atoms in total. The fraction of sp³-hybridized carbons (Fsp3) is 0.312. The lowest BCUT2D eigenvalue weighted by Crippen LogP contribution is -2.23. The summed E-state index contributed by atoms with van der Waals surface area (Å²) in [5, 5.41) is 4.82. The van der Waals surface area contributed by atoms with Crippen molar-refractivity contribution >= 4 is 23.2 Å². The Balaban J connectivity index is 2.44. The van der Waals surface area contributed by atoms with Crippen LogP contribution in [-0.4, -0.2) is 18.6 Å². The van der Waals surface area contributed by atoms with Crippen molar-refractivity contribution in [1.82, 2.24) is 10.3 Å². The Labute approximate surface area is 135 Å². The smallest absolute Gasteiger partial charge is 0.137 e. The summed E-state index contributed by atoms with van der Waals surface area (Å²) in [6, 6.07) is 7.37. The van der Waals surface area contributed by atoms with E-state index in [1.807, 2.05) is 24.4 Å². The first kappa shape index (κ1) is 16.1. The molecular formula is C16H18Cl2N2O. The number of ether oxygens (including phenoxy) is 1. The normalized spacial score (nSPS) is 12.2. The number of nitrogens with zero attached hydrogens (tertiary/aromatic N) is 1. The van der Waals surface area contributed by atoms with Gasteiger partial charge >= 0.3 is 0 Å². The van der Waals surface area contributed by atoms with E-state index < -0.39 is 0 Å². The van der Waals surface area contributed by atoms with Gasteiger partial charge in [-0.25, -0.2) is 0 Å². The van der Waals surface area contributed by atoms with Gasteiger partial charge in [-0.05, 0) is 48.4 Å². The second kappa shape index (κ2) is 7.64. The van der Waals surface area contributed by atoms with E-state index in [0.717, 1.165) is 24.1 Å². The first-order valence-corrected chi connectivity index (χ1v) is 7.58. The van der Waals surface area contributed by atoms with Crippen molar-refractivity contribution in [1.29, 1.82) is 0 Å². The predicted octanol–water partition coefficient (Wildman–Crippen LogP) is 4.49. The van der Waals surface area contributed by atoms with Crippen molar-refractivity contribution < 1.29 is 4.74 Å². The predicted molar refractivity (Wildman–Crippen MR) is 87.4 cm³/mol. The third-order valence-electron chi connectivity index (χ3n) is 3.17. The van der Waals surface area contributed by atoms with E-state index in [4.69, 9.17) is 27.9 Å². The Morgan fingerprint density at radius 1 is 1.24 bits per heavy atom. The highest BCUT2D eigenvalue weighted by Crippen LogP contribution is 2.31. The zero-order valence-corrected chi connectivity index (χ0v) is 13.6. The highest BCUT2D eigenvalue weighted by molar-refractivity contribution is 6.33. The van der Waals surface area contributed by atoms with Gasteiger partial charge in [0, 0.05) is 16.2 Å². The molecule has 2 rings (SSSR count). The highest BCUT2D eigenvalue weighted by Gasteiger charge is 2.18. The zero-order chi connectivity index (χ0) is 15.2. The lowest BCUT2D eigenvalue weighted by atomic mass is 9.99. The molecule has 0 fully saturated rings. The molecule has 0 saturated carbocycles. The maximum atomic E-state index is 6.34.